The number of carbonyl (C=O) groups excluding carboxylic acids is 2. The van der Waals surface area contributed by atoms with Crippen molar-refractivity contribution >= 4 is 22.7 Å². The van der Waals surface area contributed by atoms with Crippen molar-refractivity contribution in [3.63, 3.8) is 0 Å². The minimum Gasteiger partial charge on any atom is -0.350 e. The maximum atomic E-state index is 12.3. The number of benzene rings is 1. The molecule has 112 valence electrons. The Morgan fingerprint density at radius 3 is 2.62 bits per heavy atom. The van der Waals surface area contributed by atoms with Crippen molar-refractivity contribution in [2.75, 3.05) is 20.6 Å². The fourth-order valence-electron chi connectivity index (χ4n) is 2.34. The molecule has 0 unspecified atom stereocenters. The van der Waals surface area contributed by atoms with Gasteiger partial charge in [0.1, 0.15) is 5.69 Å². The first-order valence-corrected chi connectivity index (χ1v) is 7.11. The summed E-state index contributed by atoms with van der Waals surface area (Å²) in [7, 11) is 3.41. The van der Waals surface area contributed by atoms with Gasteiger partial charge < -0.3 is 14.8 Å². The number of carbonyl (C=O) groups is 2. The molecule has 0 fully saturated rings. The first-order valence-electron chi connectivity index (χ1n) is 7.11. The summed E-state index contributed by atoms with van der Waals surface area (Å²) in [6, 6.07) is 9.81. The molecule has 0 saturated heterocycles. The second kappa shape index (κ2) is 6.43. The molecule has 2 amide bonds. The Morgan fingerprint density at radius 1 is 1.24 bits per heavy atom. The third-order valence-electron chi connectivity index (χ3n) is 3.48. The van der Waals surface area contributed by atoms with Crippen LogP contribution in [0, 0.1) is 0 Å². The van der Waals surface area contributed by atoms with Gasteiger partial charge in [-0.25, -0.2) is 0 Å². The summed E-state index contributed by atoms with van der Waals surface area (Å²) >= 11 is 0. The summed E-state index contributed by atoms with van der Waals surface area (Å²) in [5.41, 5.74) is 1.69. The maximum Gasteiger partial charge on any atom is 0.267 e. The molecular formula is C16H21N3O2. The third kappa shape index (κ3) is 3.24. The van der Waals surface area contributed by atoms with Crippen LogP contribution in [0.1, 0.15) is 23.8 Å². The van der Waals surface area contributed by atoms with E-state index in [0.717, 1.165) is 17.4 Å². The average molecular weight is 287 g/mol. The van der Waals surface area contributed by atoms with Crippen molar-refractivity contribution in [2.45, 2.75) is 19.9 Å². The molecule has 5 nitrogen and oxygen atoms in total. The van der Waals surface area contributed by atoms with E-state index in [-0.39, 0.29) is 11.8 Å². The topological polar surface area (TPSA) is 54.3 Å². The van der Waals surface area contributed by atoms with Crippen LogP contribution in [0.25, 0.3) is 10.9 Å². The number of fused-ring (bicyclic) bond motifs is 1. The van der Waals surface area contributed by atoms with Gasteiger partial charge in [-0.15, -0.1) is 0 Å². The van der Waals surface area contributed by atoms with Crippen LogP contribution in [0.15, 0.2) is 30.3 Å². The van der Waals surface area contributed by atoms with E-state index in [1.165, 1.54) is 4.90 Å². The average Bonchev–Trinajstić information content (AvgIpc) is 2.85. The smallest absolute Gasteiger partial charge is 0.267 e. The minimum atomic E-state index is -0.139. The summed E-state index contributed by atoms with van der Waals surface area (Å²) in [6.45, 7) is 3.09. The lowest BCUT2D eigenvalue weighted by molar-refractivity contribution is -0.128. The number of nitrogens with zero attached hydrogens (tertiary/aromatic N) is 2. The van der Waals surface area contributed by atoms with Gasteiger partial charge in [0.15, 0.2) is 0 Å². The summed E-state index contributed by atoms with van der Waals surface area (Å²) in [6.07, 6.45) is 0.311. The number of para-hydroxylation sites is 1. The Morgan fingerprint density at radius 2 is 1.95 bits per heavy atom. The van der Waals surface area contributed by atoms with E-state index in [2.05, 4.69) is 5.32 Å². The Hall–Kier alpha value is -2.30. The number of rotatable bonds is 5. The van der Waals surface area contributed by atoms with Crippen molar-refractivity contribution in [1.29, 1.82) is 0 Å². The van der Waals surface area contributed by atoms with E-state index in [1.54, 1.807) is 14.1 Å². The Balaban J connectivity index is 2.11. The normalized spacial score (nSPS) is 10.6. The SMILES string of the molecule is CCn1c(C(=O)NCCC(=O)N(C)C)cc2ccccc21. The lowest BCUT2D eigenvalue weighted by Gasteiger charge is -2.11. The van der Waals surface area contributed by atoms with Crippen LogP contribution in [0.4, 0.5) is 0 Å². The molecule has 0 atom stereocenters. The molecule has 1 N–H and O–H groups in total. The molecule has 1 aromatic carbocycles. The van der Waals surface area contributed by atoms with Gasteiger partial charge >= 0.3 is 0 Å². The number of nitrogens with one attached hydrogen (secondary N) is 1. The lowest BCUT2D eigenvalue weighted by Crippen LogP contribution is -2.31. The predicted octanol–water partition coefficient (Wildman–Crippen LogP) is 1.87. The Bertz CT molecular complexity index is 659. The fourth-order valence-corrected chi connectivity index (χ4v) is 2.34. The van der Waals surface area contributed by atoms with Gasteiger partial charge in [-0.3, -0.25) is 9.59 Å². The molecule has 5 heteroatoms. The van der Waals surface area contributed by atoms with Crippen LogP contribution in [-0.4, -0.2) is 41.9 Å². The van der Waals surface area contributed by atoms with Crippen LogP contribution < -0.4 is 5.32 Å². The molecule has 0 radical (unpaired) electrons. The summed E-state index contributed by atoms with van der Waals surface area (Å²) in [4.78, 5) is 25.3. The molecule has 0 aliphatic carbocycles. The number of hydrogen-bond acceptors (Lipinski definition) is 2. The van der Waals surface area contributed by atoms with Gasteiger partial charge in [0, 0.05) is 44.5 Å². The number of amides is 2. The van der Waals surface area contributed by atoms with Gasteiger partial charge in [-0.2, -0.15) is 0 Å². The second-order valence-electron chi connectivity index (χ2n) is 5.13. The Kier molecular flexibility index (Phi) is 4.62. The molecule has 0 aliphatic rings. The van der Waals surface area contributed by atoms with Crippen molar-refractivity contribution in [1.82, 2.24) is 14.8 Å². The highest BCUT2D eigenvalue weighted by molar-refractivity contribution is 5.98. The van der Waals surface area contributed by atoms with Crippen molar-refractivity contribution in [2.24, 2.45) is 0 Å². The van der Waals surface area contributed by atoms with Crippen LogP contribution in [0.3, 0.4) is 0 Å². The molecule has 0 bridgehead atoms. The van der Waals surface area contributed by atoms with Crippen molar-refractivity contribution in [3.05, 3.63) is 36.0 Å². The van der Waals surface area contributed by atoms with E-state index < -0.39 is 0 Å². The Labute approximate surface area is 124 Å². The van der Waals surface area contributed by atoms with Crippen LogP contribution in [-0.2, 0) is 11.3 Å². The zero-order valence-corrected chi connectivity index (χ0v) is 12.7. The van der Waals surface area contributed by atoms with Crippen LogP contribution >= 0.6 is 0 Å². The molecule has 1 heterocycles. The van der Waals surface area contributed by atoms with E-state index in [0.29, 0.717) is 18.7 Å². The van der Waals surface area contributed by atoms with Gasteiger partial charge in [0.05, 0.1) is 0 Å². The molecule has 0 saturated carbocycles. The molecule has 0 aliphatic heterocycles. The van der Waals surface area contributed by atoms with Crippen molar-refractivity contribution in [3.8, 4) is 0 Å². The molecular weight excluding hydrogens is 266 g/mol. The first-order chi connectivity index (χ1) is 10.0. The van der Waals surface area contributed by atoms with Gasteiger partial charge in [-0.05, 0) is 19.1 Å². The van der Waals surface area contributed by atoms with Gasteiger partial charge in [0.2, 0.25) is 5.91 Å². The van der Waals surface area contributed by atoms with Crippen molar-refractivity contribution < 1.29 is 9.59 Å². The highest BCUT2D eigenvalue weighted by Gasteiger charge is 2.14. The number of aromatic nitrogens is 1. The summed E-state index contributed by atoms with van der Waals surface area (Å²) in [5, 5.41) is 3.86. The first kappa shape index (κ1) is 15.1. The highest BCUT2D eigenvalue weighted by Crippen LogP contribution is 2.19. The van der Waals surface area contributed by atoms with E-state index in [1.807, 2.05) is 41.8 Å². The fraction of sp³-hybridized carbons (Fsp3) is 0.375. The van der Waals surface area contributed by atoms with E-state index in [9.17, 15) is 9.59 Å². The van der Waals surface area contributed by atoms with Gasteiger partial charge in [-0.1, -0.05) is 18.2 Å². The lowest BCUT2D eigenvalue weighted by atomic mass is 10.2. The monoisotopic (exact) mass is 287 g/mol. The molecule has 1 aromatic heterocycles. The summed E-state index contributed by atoms with van der Waals surface area (Å²) < 4.78 is 1.98. The zero-order chi connectivity index (χ0) is 15.4. The zero-order valence-electron chi connectivity index (χ0n) is 12.7. The predicted molar refractivity (Wildman–Crippen MR) is 83.3 cm³/mol. The molecule has 2 rings (SSSR count). The third-order valence-corrected chi connectivity index (χ3v) is 3.48. The number of hydrogen-bond donors (Lipinski definition) is 1. The minimum absolute atomic E-state index is 0.00587. The maximum absolute atomic E-state index is 12.3. The standard InChI is InChI=1S/C16H21N3O2/c1-4-19-13-8-6-5-7-12(13)11-14(19)16(21)17-10-9-15(20)18(2)3/h5-8,11H,4,9-10H2,1-3H3,(H,17,21). The van der Waals surface area contributed by atoms with Crippen LogP contribution in [0.2, 0.25) is 0 Å². The molecule has 0 spiro atoms. The quantitative estimate of drug-likeness (QED) is 0.912. The highest BCUT2D eigenvalue weighted by atomic mass is 16.2. The molecule has 2 aromatic rings. The largest absolute Gasteiger partial charge is 0.350 e. The summed E-state index contributed by atoms with van der Waals surface area (Å²) in [5.74, 6) is -0.133. The van der Waals surface area contributed by atoms with E-state index >= 15 is 0 Å². The van der Waals surface area contributed by atoms with E-state index in [4.69, 9.17) is 0 Å². The second-order valence-corrected chi connectivity index (χ2v) is 5.13. The number of aryl methyl sites for hydroxylation is 1. The molecule has 21 heavy (non-hydrogen) atoms. The van der Waals surface area contributed by atoms with Gasteiger partial charge in [0.25, 0.3) is 5.91 Å². The van der Waals surface area contributed by atoms with Crippen LogP contribution in [0.5, 0.6) is 0 Å².